The van der Waals surface area contributed by atoms with Crippen LogP contribution < -0.4 is 5.32 Å². The van der Waals surface area contributed by atoms with E-state index in [0.29, 0.717) is 6.54 Å². The monoisotopic (exact) mass is 322 g/mol. The Balaban J connectivity index is 1.73. The van der Waals surface area contributed by atoms with Gasteiger partial charge in [0.1, 0.15) is 5.82 Å². The topological polar surface area (TPSA) is 50.2 Å². The number of nitrogens with zero attached hydrogens (tertiary/aromatic N) is 3. The molecule has 5 nitrogen and oxygen atoms in total. The Bertz CT molecular complexity index is 616. The molecule has 0 aliphatic carbocycles. The molecule has 1 N–H and O–H groups in total. The van der Waals surface area contributed by atoms with Crippen molar-refractivity contribution in [2.45, 2.75) is 19.5 Å². The minimum absolute atomic E-state index is 0.130. The predicted octanol–water partition coefficient (Wildman–Crippen LogP) is 2.07. The third-order valence-electron chi connectivity index (χ3n) is 3.36. The van der Waals surface area contributed by atoms with E-state index in [2.05, 4.69) is 10.3 Å². The number of carbonyl (C=O) groups is 1. The number of hydrogen-bond acceptors (Lipinski definition) is 3. The summed E-state index contributed by atoms with van der Waals surface area (Å²) in [7, 11) is 1.70. The molecule has 23 heavy (non-hydrogen) atoms. The van der Waals surface area contributed by atoms with E-state index >= 15 is 0 Å². The molecule has 0 saturated carbocycles. The minimum atomic E-state index is -2.62. The lowest BCUT2D eigenvalue weighted by Gasteiger charge is -2.16. The third kappa shape index (κ3) is 5.45. The van der Waals surface area contributed by atoms with Gasteiger partial charge in [-0.2, -0.15) is 8.78 Å². The fourth-order valence-electron chi connectivity index (χ4n) is 2.23. The van der Waals surface area contributed by atoms with Crippen LogP contribution in [0.5, 0.6) is 0 Å². The number of hydrogen-bond donors (Lipinski definition) is 1. The smallest absolute Gasteiger partial charge is 0.319 e. The molecule has 0 fully saturated rings. The first kappa shape index (κ1) is 17.1. The first-order valence-electron chi connectivity index (χ1n) is 7.35. The lowest BCUT2D eigenvalue weighted by Crippen LogP contribution is -2.36. The van der Waals surface area contributed by atoms with E-state index in [-0.39, 0.29) is 24.8 Å². The lowest BCUT2D eigenvalue weighted by molar-refractivity contribution is -0.122. The fourth-order valence-corrected chi connectivity index (χ4v) is 2.23. The summed E-state index contributed by atoms with van der Waals surface area (Å²) in [5.74, 6) is 0.0955. The van der Waals surface area contributed by atoms with Crippen LogP contribution in [0.4, 0.5) is 8.78 Å². The molecule has 0 aliphatic rings. The van der Waals surface area contributed by atoms with Gasteiger partial charge >= 0.3 is 6.55 Å². The summed E-state index contributed by atoms with van der Waals surface area (Å²) in [5.41, 5.74) is 1.15. The fraction of sp³-hybridized carbons (Fsp3) is 0.375. The van der Waals surface area contributed by atoms with Gasteiger partial charge in [0, 0.05) is 18.9 Å². The zero-order valence-electron chi connectivity index (χ0n) is 13.0. The van der Waals surface area contributed by atoms with Gasteiger partial charge in [0.25, 0.3) is 0 Å². The number of imidazole rings is 1. The van der Waals surface area contributed by atoms with Crippen LogP contribution in [0.3, 0.4) is 0 Å². The number of rotatable bonds is 8. The van der Waals surface area contributed by atoms with E-state index in [0.717, 1.165) is 16.6 Å². The van der Waals surface area contributed by atoms with Gasteiger partial charge in [-0.1, -0.05) is 30.3 Å². The molecular formula is C16H20F2N4O. The summed E-state index contributed by atoms with van der Waals surface area (Å²) >= 11 is 0. The second-order valence-corrected chi connectivity index (χ2v) is 5.29. The maximum atomic E-state index is 12.7. The Morgan fingerprint density at radius 3 is 2.78 bits per heavy atom. The van der Waals surface area contributed by atoms with Gasteiger partial charge in [0.2, 0.25) is 5.91 Å². The highest BCUT2D eigenvalue weighted by Crippen LogP contribution is 2.13. The van der Waals surface area contributed by atoms with Crippen LogP contribution in [0.1, 0.15) is 17.9 Å². The molecule has 0 aliphatic heterocycles. The van der Waals surface area contributed by atoms with Gasteiger partial charge in [-0.25, -0.2) is 4.98 Å². The standard InChI is InChI=1S/C16H20F2N4O/c1-21(11-14-19-9-10-22(14)16(17)18)12-15(23)20-8-7-13-5-3-2-4-6-13/h2-6,9-10,16H,7-8,11-12H2,1H3,(H,20,23). The number of halogens is 2. The number of carbonyl (C=O) groups excluding carboxylic acids is 1. The van der Waals surface area contributed by atoms with Crippen LogP contribution in [0, 0.1) is 0 Å². The molecule has 7 heteroatoms. The van der Waals surface area contributed by atoms with E-state index < -0.39 is 6.55 Å². The highest BCUT2D eigenvalue weighted by Gasteiger charge is 2.14. The van der Waals surface area contributed by atoms with Crippen LogP contribution in [0.2, 0.25) is 0 Å². The Morgan fingerprint density at radius 1 is 1.35 bits per heavy atom. The van der Waals surface area contributed by atoms with Crippen LogP contribution >= 0.6 is 0 Å². The van der Waals surface area contributed by atoms with Crippen LogP contribution in [-0.4, -0.2) is 40.5 Å². The highest BCUT2D eigenvalue weighted by atomic mass is 19.3. The van der Waals surface area contributed by atoms with Crippen molar-refractivity contribution in [1.29, 1.82) is 0 Å². The molecule has 2 aromatic rings. The van der Waals surface area contributed by atoms with E-state index in [1.165, 1.54) is 12.4 Å². The molecule has 1 amide bonds. The van der Waals surface area contributed by atoms with Gasteiger partial charge in [-0.3, -0.25) is 14.3 Å². The van der Waals surface area contributed by atoms with Crippen molar-refractivity contribution in [1.82, 2.24) is 19.8 Å². The van der Waals surface area contributed by atoms with Crippen molar-refractivity contribution in [3.8, 4) is 0 Å². The van der Waals surface area contributed by atoms with E-state index in [4.69, 9.17) is 0 Å². The first-order valence-corrected chi connectivity index (χ1v) is 7.35. The summed E-state index contributed by atoms with van der Waals surface area (Å²) in [6, 6.07) is 9.86. The van der Waals surface area contributed by atoms with Gasteiger partial charge < -0.3 is 5.32 Å². The van der Waals surface area contributed by atoms with Crippen molar-refractivity contribution in [3.05, 3.63) is 54.1 Å². The van der Waals surface area contributed by atoms with Crippen LogP contribution in [-0.2, 0) is 17.8 Å². The zero-order chi connectivity index (χ0) is 16.7. The Labute approximate surface area is 133 Å². The number of amides is 1. The van der Waals surface area contributed by atoms with Gasteiger partial charge in [0.05, 0.1) is 13.1 Å². The largest absolute Gasteiger partial charge is 0.355 e. The van der Waals surface area contributed by atoms with Gasteiger partial charge in [0.15, 0.2) is 0 Å². The SMILES string of the molecule is CN(CC(=O)NCCc1ccccc1)Cc1nccn1C(F)F. The van der Waals surface area contributed by atoms with Crippen molar-refractivity contribution in [3.63, 3.8) is 0 Å². The third-order valence-corrected chi connectivity index (χ3v) is 3.36. The normalized spacial score (nSPS) is 11.2. The zero-order valence-corrected chi connectivity index (χ0v) is 13.0. The average molecular weight is 322 g/mol. The van der Waals surface area contributed by atoms with Crippen LogP contribution in [0.25, 0.3) is 0 Å². The molecule has 0 saturated heterocycles. The molecule has 0 unspecified atom stereocenters. The van der Waals surface area contributed by atoms with E-state index in [1.807, 2.05) is 30.3 Å². The summed E-state index contributed by atoms with van der Waals surface area (Å²) in [6.07, 6.45) is 3.31. The molecule has 1 aromatic heterocycles. The Kier molecular flexibility index (Phi) is 6.22. The molecule has 0 radical (unpaired) electrons. The van der Waals surface area contributed by atoms with Crippen molar-refractivity contribution in [2.75, 3.05) is 20.1 Å². The molecule has 0 spiro atoms. The lowest BCUT2D eigenvalue weighted by atomic mass is 10.1. The maximum Gasteiger partial charge on any atom is 0.319 e. The summed E-state index contributed by atoms with van der Waals surface area (Å²) < 4.78 is 26.2. The summed E-state index contributed by atoms with van der Waals surface area (Å²) in [4.78, 5) is 17.4. The molecule has 0 bridgehead atoms. The molecule has 1 aromatic carbocycles. The highest BCUT2D eigenvalue weighted by molar-refractivity contribution is 5.77. The summed E-state index contributed by atoms with van der Waals surface area (Å²) in [5, 5.41) is 2.82. The van der Waals surface area contributed by atoms with Gasteiger partial charge in [-0.15, -0.1) is 0 Å². The average Bonchev–Trinajstić information content (AvgIpc) is 2.96. The van der Waals surface area contributed by atoms with Gasteiger partial charge in [-0.05, 0) is 19.0 Å². The molecule has 0 atom stereocenters. The predicted molar refractivity (Wildman–Crippen MR) is 83.0 cm³/mol. The number of alkyl halides is 2. The maximum absolute atomic E-state index is 12.7. The number of likely N-dealkylation sites (N-methyl/N-ethyl adjacent to an activating group) is 1. The van der Waals surface area contributed by atoms with Crippen molar-refractivity contribution < 1.29 is 13.6 Å². The molecule has 2 rings (SSSR count). The first-order chi connectivity index (χ1) is 11.1. The Morgan fingerprint density at radius 2 is 2.09 bits per heavy atom. The number of aromatic nitrogens is 2. The Hall–Kier alpha value is -2.28. The van der Waals surface area contributed by atoms with Crippen molar-refractivity contribution >= 4 is 5.91 Å². The van der Waals surface area contributed by atoms with Crippen LogP contribution in [0.15, 0.2) is 42.7 Å². The quantitative estimate of drug-likeness (QED) is 0.809. The number of nitrogens with one attached hydrogen (secondary N) is 1. The molecule has 124 valence electrons. The minimum Gasteiger partial charge on any atom is -0.355 e. The molecular weight excluding hydrogens is 302 g/mol. The second kappa shape index (κ2) is 8.38. The number of benzene rings is 1. The van der Waals surface area contributed by atoms with E-state index in [1.54, 1.807) is 11.9 Å². The summed E-state index contributed by atoms with van der Waals surface area (Å²) in [6.45, 7) is -1.77. The molecule has 1 heterocycles. The second-order valence-electron chi connectivity index (χ2n) is 5.29. The van der Waals surface area contributed by atoms with Crippen molar-refractivity contribution in [2.24, 2.45) is 0 Å². The van der Waals surface area contributed by atoms with E-state index in [9.17, 15) is 13.6 Å².